The van der Waals surface area contributed by atoms with Crippen LogP contribution >= 0.6 is 11.6 Å². The summed E-state index contributed by atoms with van der Waals surface area (Å²) in [6.07, 6.45) is 2.47. The van der Waals surface area contributed by atoms with Crippen molar-refractivity contribution in [2.75, 3.05) is 24.1 Å². The second-order valence-electron chi connectivity index (χ2n) is 5.52. The normalized spacial score (nSPS) is 11.1. The van der Waals surface area contributed by atoms with Crippen molar-refractivity contribution < 1.29 is 4.79 Å². The molecule has 1 amide bonds. The SMILES string of the molecule is CCCN(CCCC(=O)Nc1ccc(N)cc1Cl)C(C)C. The summed E-state index contributed by atoms with van der Waals surface area (Å²) < 4.78 is 0. The molecule has 0 radical (unpaired) electrons. The molecule has 0 heterocycles. The molecule has 0 unspecified atom stereocenters. The highest BCUT2D eigenvalue weighted by molar-refractivity contribution is 6.34. The summed E-state index contributed by atoms with van der Waals surface area (Å²) in [4.78, 5) is 14.3. The molecule has 0 aliphatic rings. The Bertz CT molecular complexity index is 463. The Balaban J connectivity index is 2.40. The highest BCUT2D eigenvalue weighted by Crippen LogP contribution is 2.24. The van der Waals surface area contributed by atoms with Gasteiger partial charge in [-0.2, -0.15) is 0 Å². The largest absolute Gasteiger partial charge is 0.399 e. The molecule has 3 N–H and O–H groups in total. The third-order valence-electron chi connectivity index (χ3n) is 3.36. The van der Waals surface area contributed by atoms with Crippen LogP contribution < -0.4 is 11.1 Å². The number of carbonyl (C=O) groups is 1. The summed E-state index contributed by atoms with van der Waals surface area (Å²) >= 11 is 6.04. The molecule has 0 aromatic heterocycles. The Hall–Kier alpha value is -1.26. The second-order valence-corrected chi connectivity index (χ2v) is 5.93. The summed E-state index contributed by atoms with van der Waals surface area (Å²) in [5.41, 5.74) is 6.83. The second kappa shape index (κ2) is 8.90. The van der Waals surface area contributed by atoms with Gasteiger partial charge in [0.05, 0.1) is 10.7 Å². The Morgan fingerprint density at radius 2 is 2.10 bits per heavy atom. The lowest BCUT2D eigenvalue weighted by Gasteiger charge is -2.25. The molecule has 21 heavy (non-hydrogen) atoms. The molecule has 1 rings (SSSR count). The zero-order chi connectivity index (χ0) is 15.8. The number of nitrogens with one attached hydrogen (secondary N) is 1. The van der Waals surface area contributed by atoms with Crippen LogP contribution in [0.25, 0.3) is 0 Å². The number of halogens is 1. The minimum absolute atomic E-state index is 0.0122. The highest BCUT2D eigenvalue weighted by Gasteiger charge is 2.10. The standard InChI is InChI=1S/C16H26ClN3O/c1-4-9-20(12(2)3)10-5-6-16(21)19-15-8-7-13(18)11-14(15)17/h7-8,11-12H,4-6,9-10,18H2,1-3H3,(H,19,21). The van der Waals surface area contributed by atoms with Gasteiger partial charge in [-0.15, -0.1) is 0 Å². The molecule has 5 heteroatoms. The van der Waals surface area contributed by atoms with E-state index in [0.717, 1.165) is 25.9 Å². The van der Waals surface area contributed by atoms with Crippen LogP contribution in [0.3, 0.4) is 0 Å². The fourth-order valence-electron chi connectivity index (χ4n) is 2.20. The van der Waals surface area contributed by atoms with Gasteiger partial charge in [0.25, 0.3) is 0 Å². The van der Waals surface area contributed by atoms with Crippen molar-refractivity contribution in [2.24, 2.45) is 0 Å². The van der Waals surface area contributed by atoms with Gasteiger partial charge >= 0.3 is 0 Å². The number of carbonyl (C=O) groups excluding carboxylic acids is 1. The molecule has 0 aliphatic carbocycles. The molecule has 0 fully saturated rings. The van der Waals surface area contributed by atoms with Crippen LogP contribution in [-0.2, 0) is 4.79 Å². The van der Waals surface area contributed by atoms with Gasteiger partial charge in [-0.05, 0) is 58.0 Å². The number of amides is 1. The van der Waals surface area contributed by atoms with E-state index in [1.807, 2.05) is 0 Å². The van der Waals surface area contributed by atoms with Crippen molar-refractivity contribution in [3.8, 4) is 0 Å². The first-order chi connectivity index (χ1) is 9.93. The van der Waals surface area contributed by atoms with Crippen LogP contribution in [0.4, 0.5) is 11.4 Å². The first-order valence-corrected chi connectivity index (χ1v) is 7.90. The van der Waals surface area contributed by atoms with E-state index in [4.69, 9.17) is 17.3 Å². The average molecular weight is 312 g/mol. The number of nitrogens with two attached hydrogens (primary N) is 1. The first kappa shape index (κ1) is 17.8. The predicted octanol–water partition coefficient (Wildman–Crippen LogP) is 3.76. The van der Waals surface area contributed by atoms with E-state index in [1.165, 1.54) is 0 Å². The minimum atomic E-state index is -0.0122. The summed E-state index contributed by atoms with van der Waals surface area (Å²) in [5, 5.41) is 3.30. The number of nitrogens with zero attached hydrogens (tertiary/aromatic N) is 1. The number of hydrogen-bond acceptors (Lipinski definition) is 3. The molecule has 0 spiro atoms. The van der Waals surface area contributed by atoms with E-state index in [1.54, 1.807) is 18.2 Å². The zero-order valence-electron chi connectivity index (χ0n) is 13.2. The quantitative estimate of drug-likeness (QED) is 0.719. The highest BCUT2D eigenvalue weighted by atomic mass is 35.5. The fraction of sp³-hybridized carbons (Fsp3) is 0.562. The Morgan fingerprint density at radius 1 is 1.38 bits per heavy atom. The van der Waals surface area contributed by atoms with Gasteiger partial charge < -0.3 is 16.0 Å². The summed E-state index contributed by atoms with van der Waals surface area (Å²) in [5.74, 6) is -0.0122. The minimum Gasteiger partial charge on any atom is -0.399 e. The van der Waals surface area contributed by atoms with E-state index in [2.05, 4.69) is 31.0 Å². The summed E-state index contributed by atoms with van der Waals surface area (Å²) in [6.45, 7) is 8.55. The smallest absolute Gasteiger partial charge is 0.224 e. The molecule has 0 saturated heterocycles. The molecule has 0 atom stereocenters. The number of rotatable bonds is 8. The van der Waals surface area contributed by atoms with Crippen LogP contribution in [0.1, 0.15) is 40.0 Å². The van der Waals surface area contributed by atoms with Crippen molar-refractivity contribution in [2.45, 2.75) is 46.1 Å². The van der Waals surface area contributed by atoms with Crippen LogP contribution in [0.2, 0.25) is 5.02 Å². The first-order valence-electron chi connectivity index (χ1n) is 7.53. The van der Waals surface area contributed by atoms with Crippen LogP contribution in [-0.4, -0.2) is 29.9 Å². The lowest BCUT2D eigenvalue weighted by molar-refractivity contribution is -0.116. The van der Waals surface area contributed by atoms with E-state index in [-0.39, 0.29) is 5.91 Å². The van der Waals surface area contributed by atoms with Crippen LogP contribution in [0.15, 0.2) is 18.2 Å². The predicted molar refractivity (Wildman–Crippen MR) is 90.7 cm³/mol. The van der Waals surface area contributed by atoms with Crippen molar-refractivity contribution in [1.82, 2.24) is 4.90 Å². The van der Waals surface area contributed by atoms with Gasteiger partial charge in [0.2, 0.25) is 5.91 Å². The molecule has 118 valence electrons. The van der Waals surface area contributed by atoms with Crippen LogP contribution in [0.5, 0.6) is 0 Å². The maximum Gasteiger partial charge on any atom is 0.224 e. The molecular weight excluding hydrogens is 286 g/mol. The fourth-order valence-corrected chi connectivity index (χ4v) is 2.44. The molecule has 0 bridgehead atoms. The van der Waals surface area contributed by atoms with E-state index in [0.29, 0.717) is 28.9 Å². The average Bonchev–Trinajstić information content (AvgIpc) is 2.41. The Morgan fingerprint density at radius 3 is 2.67 bits per heavy atom. The lowest BCUT2D eigenvalue weighted by atomic mass is 10.2. The maximum absolute atomic E-state index is 11.9. The van der Waals surface area contributed by atoms with Gasteiger partial charge in [-0.25, -0.2) is 0 Å². The zero-order valence-corrected chi connectivity index (χ0v) is 13.9. The van der Waals surface area contributed by atoms with Gasteiger partial charge in [-0.1, -0.05) is 18.5 Å². The molecule has 1 aromatic carbocycles. The van der Waals surface area contributed by atoms with Gasteiger partial charge in [0.1, 0.15) is 0 Å². The van der Waals surface area contributed by atoms with E-state index in [9.17, 15) is 4.79 Å². The number of hydrogen-bond donors (Lipinski definition) is 2. The third-order valence-corrected chi connectivity index (χ3v) is 3.67. The van der Waals surface area contributed by atoms with Crippen molar-refractivity contribution in [1.29, 1.82) is 0 Å². The molecule has 0 saturated carbocycles. The van der Waals surface area contributed by atoms with Crippen molar-refractivity contribution >= 4 is 28.9 Å². The lowest BCUT2D eigenvalue weighted by Crippen LogP contribution is -2.33. The molecule has 4 nitrogen and oxygen atoms in total. The Kier molecular flexibility index (Phi) is 7.54. The third kappa shape index (κ3) is 6.36. The van der Waals surface area contributed by atoms with Gasteiger partial charge in [-0.3, -0.25) is 4.79 Å². The number of benzene rings is 1. The van der Waals surface area contributed by atoms with Crippen LogP contribution in [0, 0.1) is 0 Å². The van der Waals surface area contributed by atoms with Gasteiger partial charge in [0, 0.05) is 18.2 Å². The number of nitrogen functional groups attached to an aromatic ring is 1. The van der Waals surface area contributed by atoms with E-state index < -0.39 is 0 Å². The van der Waals surface area contributed by atoms with Crippen molar-refractivity contribution in [3.05, 3.63) is 23.2 Å². The van der Waals surface area contributed by atoms with E-state index >= 15 is 0 Å². The molecular formula is C16H26ClN3O. The molecule has 0 aliphatic heterocycles. The molecule has 1 aromatic rings. The van der Waals surface area contributed by atoms with Crippen molar-refractivity contribution in [3.63, 3.8) is 0 Å². The van der Waals surface area contributed by atoms with Gasteiger partial charge in [0.15, 0.2) is 0 Å². The monoisotopic (exact) mass is 311 g/mol. The maximum atomic E-state index is 11.9. The Labute approximate surface area is 132 Å². The topological polar surface area (TPSA) is 58.4 Å². The summed E-state index contributed by atoms with van der Waals surface area (Å²) in [7, 11) is 0. The number of anilines is 2. The summed E-state index contributed by atoms with van der Waals surface area (Å²) in [6, 6.07) is 5.61.